The standard InChI is InChI=1S/C16H16N6O/c1-12(13-7-9-17-10-8-13)21(2)16(23)14-3-5-15(6-4-14)22-11-18-19-20-22/h3-12H,1-2H3/t12-/m0/s1. The molecule has 0 radical (unpaired) electrons. The topological polar surface area (TPSA) is 76.8 Å². The van der Waals surface area contributed by atoms with Gasteiger partial charge in [0, 0.05) is 25.0 Å². The molecule has 2 heterocycles. The summed E-state index contributed by atoms with van der Waals surface area (Å²) in [4.78, 5) is 18.3. The zero-order chi connectivity index (χ0) is 16.2. The van der Waals surface area contributed by atoms with Crippen molar-refractivity contribution < 1.29 is 4.79 Å². The monoisotopic (exact) mass is 308 g/mol. The van der Waals surface area contributed by atoms with Gasteiger partial charge in [-0.25, -0.2) is 4.68 Å². The Morgan fingerprint density at radius 2 is 1.83 bits per heavy atom. The van der Waals surface area contributed by atoms with Crippen molar-refractivity contribution in [1.29, 1.82) is 0 Å². The highest BCUT2D eigenvalue weighted by molar-refractivity contribution is 5.94. The Labute approximate surface area is 133 Å². The van der Waals surface area contributed by atoms with Crippen molar-refractivity contribution in [3.63, 3.8) is 0 Å². The normalized spacial score (nSPS) is 11.9. The van der Waals surface area contributed by atoms with Crippen molar-refractivity contribution >= 4 is 5.91 Å². The van der Waals surface area contributed by atoms with Gasteiger partial charge in [0.2, 0.25) is 0 Å². The first-order valence-corrected chi connectivity index (χ1v) is 7.17. The summed E-state index contributed by atoms with van der Waals surface area (Å²) in [5.41, 5.74) is 2.46. The maximum absolute atomic E-state index is 12.6. The van der Waals surface area contributed by atoms with Crippen LogP contribution >= 0.6 is 0 Å². The van der Waals surface area contributed by atoms with E-state index >= 15 is 0 Å². The Balaban J connectivity index is 1.77. The molecule has 0 aliphatic heterocycles. The number of amides is 1. The van der Waals surface area contributed by atoms with Crippen LogP contribution < -0.4 is 0 Å². The molecular formula is C16H16N6O. The van der Waals surface area contributed by atoms with Crippen LogP contribution in [0.1, 0.15) is 28.9 Å². The summed E-state index contributed by atoms with van der Waals surface area (Å²) in [5, 5.41) is 11.0. The Morgan fingerprint density at radius 1 is 1.13 bits per heavy atom. The molecule has 0 bridgehead atoms. The highest BCUT2D eigenvalue weighted by atomic mass is 16.2. The summed E-state index contributed by atoms with van der Waals surface area (Å²) in [6.45, 7) is 1.99. The Bertz CT molecular complexity index is 770. The fraction of sp³-hybridized carbons (Fsp3) is 0.188. The molecule has 1 atom stereocenters. The van der Waals surface area contributed by atoms with Gasteiger partial charge in [-0.05, 0) is 59.3 Å². The van der Waals surface area contributed by atoms with Crippen molar-refractivity contribution in [1.82, 2.24) is 30.1 Å². The van der Waals surface area contributed by atoms with E-state index in [0.29, 0.717) is 5.56 Å². The number of aromatic nitrogens is 5. The van der Waals surface area contributed by atoms with Gasteiger partial charge in [0.15, 0.2) is 0 Å². The van der Waals surface area contributed by atoms with Crippen molar-refractivity contribution in [2.45, 2.75) is 13.0 Å². The number of hydrogen-bond acceptors (Lipinski definition) is 5. The van der Waals surface area contributed by atoms with Crippen molar-refractivity contribution in [2.75, 3.05) is 7.05 Å². The smallest absolute Gasteiger partial charge is 0.254 e. The third kappa shape index (κ3) is 3.08. The molecule has 116 valence electrons. The number of carbonyl (C=O) groups excluding carboxylic acids is 1. The molecule has 0 aliphatic rings. The molecule has 7 nitrogen and oxygen atoms in total. The maximum atomic E-state index is 12.6. The van der Waals surface area contributed by atoms with Crippen LogP contribution in [0.25, 0.3) is 5.69 Å². The van der Waals surface area contributed by atoms with Gasteiger partial charge in [-0.2, -0.15) is 0 Å². The molecule has 3 rings (SSSR count). The van der Waals surface area contributed by atoms with Crippen molar-refractivity contribution in [2.24, 2.45) is 0 Å². The zero-order valence-corrected chi connectivity index (χ0v) is 12.9. The molecule has 23 heavy (non-hydrogen) atoms. The summed E-state index contributed by atoms with van der Waals surface area (Å²) < 4.78 is 1.54. The first-order valence-electron chi connectivity index (χ1n) is 7.17. The lowest BCUT2D eigenvalue weighted by Gasteiger charge is -2.25. The zero-order valence-electron chi connectivity index (χ0n) is 12.9. The van der Waals surface area contributed by atoms with Gasteiger partial charge in [0.1, 0.15) is 6.33 Å². The van der Waals surface area contributed by atoms with Gasteiger partial charge in [0.05, 0.1) is 11.7 Å². The van der Waals surface area contributed by atoms with Crippen LogP contribution in [0.4, 0.5) is 0 Å². The predicted molar refractivity (Wildman–Crippen MR) is 83.9 cm³/mol. The van der Waals surface area contributed by atoms with Crippen LogP contribution in [0.3, 0.4) is 0 Å². The van der Waals surface area contributed by atoms with Crippen LogP contribution in [0, 0.1) is 0 Å². The average Bonchev–Trinajstić information content (AvgIpc) is 3.15. The lowest BCUT2D eigenvalue weighted by atomic mass is 10.1. The molecule has 3 aromatic rings. The van der Waals surface area contributed by atoms with Crippen LogP contribution in [0.2, 0.25) is 0 Å². The summed E-state index contributed by atoms with van der Waals surface area (Å²) in [6, 6.07) is 11.0. The predicted octanol–water partition coefficient (Wildman–Crippen LogP) is 1.89. The molecule has 1 amide bonds. The SMILES string of the molecule is C[C@@H](c1ccncc1)N(C)C(=O)c1ccc(-n2cnnn2)cc1. The van der Waals surface area contributed by atoms with Crippen molar-refractivity contribution in [3.05, 3.63) is 66.2 Å². The summed E-state index contributed by atoms with van der Waals surface area (Å²) >= 11 is 0. The molecular weight excluding hydrogens is 292 g/mol. The van der Waals surface area contributed by atoms with E-state index in [1.807, 2.05) is 31.2 Å². The van der Waals surface area contributed by atoms with E-state index in [2.05, 4.69) is 20.5 Å². The molecule has 0 unspecified atom stereocenters. The molecule has 7 heteroatoms. The second-order valence-corrected chi connectivity index (χ2v) is 5.17. The molecule has 1 aromatic carbocycles. The average molecular weight is 308 g/mol. The molecule has 0 saturated carbocycles. The molecule has 0 saturated heterocycles. The third-order valence-electron chi connectivity index (χ3n) is 3.82. The van der Waals surface area contributed by atoms with Crippen molar-refractivity contribution in [3.8, 4) is 5.69 Å². The fourth-order valence-electron chi connectivity index (χ4n) is 2.28. The minimum Gasteiger partial charge on any atom is -0.335 e. The van der Waals surface area contributed by atoms with E-state index < -0.39 is 0 Å². The number of rotatable bonds is 4. The van der Waals surface area contributed by atoms with Gasteiger partial charge < -0.3 is 4.90 Å². The number of carbonyl (C=O) groups is 1. The van der Waals surface area contributed by atoms with Gasteiger partial charge >= 0.3 is 0 Å². The van der Waals surface area contributed by atoms with E-state index in [-0.39, 0.29) is 11.9 Å². The maximum Gasteiger partial charge on any atom is 0.254 e. The van der Waals surface area contributed by atoms with E-state index in [4.69, 9.17) is 0 Å². The van der Waals surface area contributed by atoms with Crippen LogP contribution in [-0.4, -0.2) is 43.0 Å². The van der Waals surface area contributed by atoms with Crippen LogP contribution in [0.5, 0.6) is 0 Å². The number of nitrogens with zero attached hydrogens (tertiary/aromatic N) is 6. The summed E-state index contributed by atoms with van der Waals surface area (Å²) in [5.74, 6) is -0.0439. The number of tetrazole rings is 1. The van der Waals surface area contributed by atoms with E-state index in [1.165, 1.54) is 11.0 Å². The molecule has 0 N–H and O–H groups in total. The highest BCUT2D eigenvalue weighted by Gasteiger charge is 2.18. The Morgan fingerprint density at radius 3 is 2.43 bits per heavy atom. The first kappa shape index (κ1) is 14.8. The quantitative estimate of drug-likeness (QED) is 0.735. The number of pyridine rings is 1. The van der Waals surface area contributed by atoms with Crippen LogP contribution in [-0.2, 0) is 0 Å². The largest absolute Gasteiger partial charge is 0.335 e. The third-order valence-corrected chi connectivity index (χ3v) is 3.82. The minimum absolute atomic E-state index is 0.0373. The summed E-state index contributed by atoms with van der Waals surface area (Å²) in [7, 11) is 1.79. The Hall–Kier alpha value is -3.09. The highest BCUT2D eigenvalue weighted by Crippen LogP contribution is 2.20. The lowest BCUT2D eigenvalue weighted by molar-refractivity contribution is 0.0742. The Kier molecular flexibility index (Phi) is 4.09. The molecule has 0 fully saturated rings. The van der Waals surface area contributed by atoms with Gasteiger partial charge in [-0.1, -0.05) is 0 Å². The molecule has 0 aliphatic carbocycles. The van der Waals surface area contributed by atoms with Gasteiger partial charge in [0.25, 0.3) is 5.91 Å². The number of benzene rings is 1. The summed E-state index contributed by atoms with van der Waals surface area (Å²) in [6.07, 6.45) is 4.96. The van der Waals surface area contributed by atoms with E-state index in [1.54, 1.807) is 36.5 Å². The molecule has 0 spiro atoms. The number of hydrogen-bond donors (Lipinski definition) is 0. The minimum atomic E-state index is -0.0439. The molecule has 2 aromatic heterocycles. The van der Waals surface area contributed by atoms with E-state index in [9.17, 15) is 4.79 Å². The van der Waals surface area contributed by atoms with Gasteiger partial charge in [-0.15, -0.1) is 5.10 Å². The second kappa shape index (κ2) is 6.35. The second-order valence-electron chi connectivity index (χ2n) is 5.17. The first-order chi connectivity index (χ1) is 11.2. The van der Waals surface area contributed by atoms with Crippen LogP contribution in [0.15, 0.2) is 55.1 Å². The van der Waals surface area contributed by atoms with Gasteiger partial charge in [-0.3, -0.25) is 9.78 Å². The van der Waals surface area contributed by atoms with E-state index in [0.717, 1.165) is 11.3 Å². The fourth-order valence-corrected chi connectivity index (χ4v) is 2.28. The lowest BCUT2D eigenvalue weighted by Crippen LogP contribution is -2.29.